The molecule has 1 aromatic rings. The Kier molecular flexibility index (Phi) is 3.43. The summed E-state index contributed by atoms with van der Waals surface area (Å²) in [6.45, 7) is 1.91. The predicted molar refractivity (Wildman–Crippen MR) is 70.3 cm³/mol. The van der Waals surface area contributed by atoms with E-state index in [0.717, 1.165) is 10.0 Å². The average molecular weight is 312 g/mol. The summed E-state index contributed by atoms with van der Waals surface area (Å²) >= 11 is 3.35. The summed E-state index contributed by atoms with van der Waals surface area (Å²) in [5.41, 5.74) is 0.719. The molecule has 18 heavy (non-hydrogen) atoms. The quantitative estimate of drug-likeness (QED) is 0.871. The summed E-state index contributed by atoms with van der Waals surface area (Å²) in [4.78, 5) is 23.6. The van der Waals surface area contributed by atoms with Gasteiger partial charge < -0.3 is 10.1 Å². The normalized spacial score (nSPS) is 15.9. The molecule has 0 heterocycles. The van der Waals surface area contributed by atoms with Crippen LogP contribution in [0.4, 0.5) is 0 Å². The van der Waals surface area contributed by atoms with Crippen molar-refractivity contribution in [2.75, 3.05) is 7.11 Å². The Morgan fingerprint density at radius 1 is 1.33 bits per heavy atom. The van der Waals surface area contributed by atoms with Crippen molar-refractivity contribution in [3.8, 4) is 0 Å². The van der Waals surface area contributed by atoms with Gasteiger partial charge in [-0.1, -0.05) is 15.9 Å². The van der Waals surface area contributed by atoms with E-state index < -0.39 is 5.54 Å². The summed E-state index contributed by atoms with van der Waals surface area (Å²) in [7, 11) is 1.33. The Labute approximate surface area is 114 Å². The summed E-state index contributed by atoms with van der Waals surface area (Å²) in [6.07, 6.45) is 1.27. The number of rotatable bonds is 3. The van der Waals surface area contributed by atoms with Crippen LogP contribution in [0.2, 0.25) is 0 Å². The van der Waals surface area contributed by atoms with Crippen molar-refractivity contribution in [2.45, 2.75) is 25.3 Å². The number of benzene rings is 1. The molecule has 0 unspecified atom stereocenters. The molecular formula is C13H14BrNO3. The summed E-state index contributed by atoms with van der Waals surface area (Å²) < 4.78 is 5.54. The summed E-state index contributed by atoms with van der Waals surface area (Å²) in [5.74, 6) is -0.620. The molecule has 1 aromatic carbocycles. The zero-order valence-electron chi connectivity index (χ0n) is 10.2. The standard InChI is InChI=1S/C13H14BrNO3/c1-8-5-9(7-10(14)6-8)11(16)15-13(3-4-13)12(17)18-2/h5-7H,3-4H2,1-2H3,(H,15,16). The fraction of sp³-hybridized carbons (Fsp3) is 0.385. The van der Waals surface area contributed by atoms with E-state index in [0.29, 0.717) is 18.4 Å². The van der Waals surface area contributed by atoms with Gasteiger partial charge in [-0.05, 0) is 43.5 Å². The van der Waals surface area contributed by atoms with Crippen molar-refractivity contribution in [1.29, 1.82) is 0 Å². The van der Waals surface area contributed by atoms with Gasteiger partial charge >= 0.3 is 5.97 Å². The Hall–Kier alpha value is -1.36. The molecule has 1 aliphatic carbocycles. The van der Waals surface area contributed by atoms with Crippen LogP contribution in [-0.4, -0.2) is 24.5 Å². The lowest BCUT2D eigenvalue weighted by Crippen LogP contribution is -2.43. The maximum absolute atomic E-state index is 12.1. The number of nitrogens with one attached hydrogen (secondary N) is 1. The number of hydrogen-bond donors (Lipinski definition) is 1. The number of carbonyl (C=O) groups is 2. The monoisotopic (exact) mass is 311 g/mol. The molecular weight excluding hydrogens is 298 g/mol. The molecule has 0 aliphatic heterocycles. The fourth-order valence-electron chi connectivity index (χ4n) is 1.86. The number of halogens is 1. The van der Waals surface area contributed by atoms with Crippen LogP contribution in [0.5, 0.6) is 0 Å². The number of amides is 1. The maximum atomic E-state index is 12.1. The van der Waals surface area contributed by atoms with Gasteiger partial charge in [0.1, 0.15) is 5.54 Å². The number of aryl methyl sites for hydroxylation is 1. The molecule has 0 atom stereocenters. The molecule has 4 nitrogen and oxygen atoms in total. The lowest BCUT2D eigenvalue weighted by atomic mass is 10.1. The average Bonchev–Trinajstić information content (AvgIpc) is 3.07. The first kappa shape index (κ1) is 13.1. The van der Waals surface area contributed by atoms with E-state index in [2.05, 4.69) is 21.2 Å². The molecule has 0 aromatic heterocycles. The highest BCUT2D eigenvalue weighted by Crippen LogP contribution is 2.36. The predicted octanol–water partition coefficient (Wildman–Crippen LogP) is 2.19. The first-order valence-electron chi connectivity index (χ1n) is 5.65. The lowest BCUT2D eigenvalue weighted by Gasteiger charge is -2.15. The highest BCUT2D eigenvalue weighted by atomic mass is 79.9. The number of esters is 1. The van der Waals surface area contributed by atoms with Crippen LogP contribution in [0.1, 0.15) is 28.8 Å². The third-order valence-corrected chi connectivity index (χ3v) is 3.44. The second-order valence-corrected chi connectivity index (χ2v) is 5.46. The number of carbonyl (C=O) groups excluding carboxylic acids is 2. The number of ether oxygens (including phenoxy) is 1. The molecule has 0 bridgehead atoms. The van der Waals surface area contributed by atoms with Crippen LogP contribution >= 0.6 is 15.9 Å². The van der Waals surface area contributed by atoms with E-state index in [4.69, 9.17) is 4.74 Å². The third kappa shape index (κ3) is 2.56. The molecule has 0 radical (unpaired) electrons. The first-order valence-corrected chi connectivity index (χ1v) is 6.44. The summed E-state index contributed by atoms with van der Waals surface area (Å²) in [6, 6.07) is 5.44. The molecule has 2 rings (SSSR count). The van der Waals surface area contributed by atoms with E-state index >= 15 is 0 Å². The van der Waals surface area contributed by atoms with Crippen molar-refractivity contribution in [2.24, 2.45) is 0 Å². The van der Waals surface area contributed by atoms with Crippen LogP contribution in [-0.2, 0) is 9.53 Å². The highest BCUT2D eigenvalue weighted by molar-refractivity contribution is 9.10. The molecule has 96 valence electrons. The van der Waals surface area contributed by atoms with Gasteiger partial charge in [-0.15, -0.1) is 0 Å². The van der Waals surface area contributed by atoms with Crippen LogP contribution in [0, 0.1) is 6.92 Å². The van der Waals surface area contributed by atoms with Gasteiger partial charge in [-0.2, -0.15) is 0 Å². The van der Waals surface area contributed by atoms with Gasteiger partial charge in [-0.3, -0.25) is 4.79 Å². The Balaban J connectivity index is 2.15. The fourth-order valence-corrected chi connectivity index (χ4v) is 2.47. The molecule has 1 amide bonds. The second-order valence-electron chi connectivity index (χ2n) is 4.55. The van der Waals surface area contributed by atoms with Gasteiger partial charge in [0, 0.05) is 10.0 Å². The molecule has 1 fully saturated rings. The minimum atomic E-state index is -0.804. The molecule has 5 heteroatoms. The van der Waals surface area contributed by atoms with Gasteiger partial charge in [-0.25, -0.2) is 4.79 Å². The summed E-state index contributed by atoms with van der Waals surface area (Å²) in [5, 5.41) is 2.75. The van der Waals surface area contributed by atoms with Crippen LogP contribution in [0.3, 0.4) is 0 Å². The first-order chi connectivity index (χ1) is 8.47. The van der Waals surface area contributed by atoms with Gasteiger partial charge in [0.05, 0.1) is 7.11 Å². The van der Waals surface area contributed by atoms with Gasteiger partial charge in [0.2, 0.25) is 0 Å². The highest BCUT2D eigenvalue weighted by Gasteiger charge is 2.52. The zero-order chi connectivity index (χ0) is 13.3. The van der Waals surface area contributed by atoms with Crippen LogP contribution < -0.4 is 5.32 Å². The van der Waals surface area contributed by atoms with E-state index in [1.54, 1.807) is 12.1 Å². The van der Waals surface area contributed by atoms with E-state index in [1.165, 1.54) is 7.11 Å². The van der Waals surface area contributed by atoms with Crippen molar-refractivity contribution < 1.29 is 14.3 Å². The topological polar surface area (TPSA) is 55.4 Å². The molecule has 1 aliphatic rings. The lowest BCUT2D eigenvalue weighted by molar-refractivity contribution is -0.144. The van der Waals surface area contributed by atoms with Gasteiger partial charge in [0.25, 0.3) is 5.91 Å². The minimum Gasteiger partial charge on any atom is -0.467 e. The number of methoxy groups -OCH3 is 1. The maximum Gasteiger partial charge on any atom is 0.331 e. The van der Waals surface area contributed by atoms with Gasteiger partial charge in [0.15, 0.2) is 0 Å². The van der Waals surface area contributed by atoms with E-state index in [1.807, 2.05) is 13.0 Å². The molecule has 1 saturated carbocycles. The Morgan fingerprint density at radius 3 is 2.50 bits per heavy atom. The van der Waals surface area contributed by atoms with Crippen LogP contribution in [0.25, 0.3) is 0 Å². The largest absolute Gasteiger partial charge is 0.467 e. The smallest absolute Gasteiger partial charge is 0.331 e. The Bertz CT molecular complexity index is 489. The molecule has 0 saturated heterocycles. The zero-order valence-corrected chi connectivity index (χ0v) is 11.8. The van der Waals surface area contributed by atoms with Crippen LogP contribution in [0.15, 0.2) is 22.7 Å². The van der Waals surface area contributed by atoms with E-state index in [-0.39, 0.29) is 11.9 Å². The SMILES string of the molecule is COC(=O)C1(NC(=O)c2cc(C)cc(Br)c2)CC1. The molecule has 0 spiro atoms. The minimum absolute atomic E-state index is 0.248. The van der Waals surface area contributed by atoms with Crippen molar-refractivity contribution in [3.05, 3.63) is 33.8 Å². The molecule has 1 N–H and O–H groups in total. The second kappa shape index (κ2) is 4.72. The Morgan fingerprint density at radius 2 is 2.00 bits per heavy atom. The van der Waals surface area contributed by atoms with Crippen molar-refractivity contribution in [1.82, 2.24) is 5.32 Å². The van der Waals surface area contributed by atoms with Crippen molar-refractivity contribution in [3.63, 3.8) is 0 Å². The number of hydrogen-bond acceptors (Lipinski definition) is 3. The van der Waals surface area contributed by atoms with Crippen molar-refractivity contribution >= 4 is 27.8 Å². The third-order valence-electron chi connectivity index (χ3n) is 2.98. The van der Waals surface area contributed by atoms with E-state index in [9.17, 15) is 9.59 Å².